The van der Waals surface area contributed by atoms with Crippen molar-refractivity contribution in [1.82, 2.24) is 4.72 Å². The molecule has 0 aromatic heterocycles. The zero-order chi connectivity index (χ0) is 16.0. The van der Waals surface area contributed by atoms with Gasteiger partial charge in [0.05, 0.1) is 12.0 Å². The van der Waals surface area contributed by atoms with Crippen molar-refractivity contribution in [2.75, 3.05) is 20.3 Å². The summed E-state index contributed by atoms with van der Waals surface area (Å²) >= 11 is 0. The number of nitrogens with one attached hydrogen (secondary N) is 1. The number of sulfonamides is 1. The molecule has 0 saturated heterocycles. The number of methoxy groups -OCH3 is 1. The zero-order valence-electron chi connectivity index (χ0n) is 13.1. The van der Waals surface area contributed by atoms with Crippen molar-refractivity contribution >= 4 is 10.0 Å². The van der Waals surface area contributed by atoms with Crippen LogP contribution in [0.4, 0.5) is 0 Å². The lowest BCUT2D eigenvalue weighted by Crippen LogP contribution is -2.30. The first kappa shape index (κ1) is 17.9. The summed E-state index contributed by atoms with van der Waals surface area (Å²) in [7, 11) is -2.00. The summed E-state index contributed by atoms with van der Waals surface area (Å²) in [6.07, 6.45) is 1.42. The van der Waals surface area contributed by atoms with Crippen molar-refractivity contribution in [1.29, 1.82) is 0 Å². The van der Waals surface area contributed by atoms with E-state index in [1.54, 1.807) is 33.1 Å². The number of benzene rings is 1. The van der Waals surface area contributed by atoms with Crippen LogP contribution in [0.15, 0.2) is 17.0 Å². The van der Waals surface area contributed by atoms with Gasteiger partial charge in [-0.3, -0.25) is 0 Å². The molecule has 5 nitrogen and oxygen atoms in total. The third-order valence-corrected chi connectivity index (χ3v) is 5.34. The first-order valence-corrected chi connectivity index (χ1v) is 8.59. The van der Waals surface area contributed by atoms with Crippen LogP contribution < -0.4 is 9.46 Å². The molecule has 1 unspecified atom stereocenters. The van der Waals surface area contributed by atoms with Crippen LogP contribution in [0, 0.1) is 19.8 Å². The van der Waals surface area contributed by atoms with Gasteiger partial charge in [-0.05, 0) is 49.4 Å². The van der Waals surface area contributed by atoms with Crippen LogP contribution in [-0.2, 0) is 10.0 Å². The summed E-state index contributed by atoms with van der Waals surface area (Å²) in [6, 6.07) is 3.43. The molecule has 0 bridgehead atoms. The van der Waals surface area contributed by atoms with E-state index in [-0.39, 0.29) is 12.5 Å². The molecule has 0 saturated carbocycles. The molecule has 21 heavy (non-hydrogen) atoms. The zero-order valence-corrected chi connectivity index (χ0v) is 14.0. The molecule has 0 heterocycles. The third-order valence-electron chi connectivity index (χ3n) is 3.62. The summed E-state index contributed by atoms with van der Waals surface area (Å²) in [5, 5.41) is 8.97. The van der Waals surface area contributed by atoms with Gasteiger partial charge in [-0.1, -0.05) is 13.3 Å². The highest BCUT2D eigenvalue weighted by Gasteiger charge is 2.21. The molecule has 2 N–H and O–H groups in total. The van der Waals surface area contributed by atoms with Crippen LogP contribution in [0.25, 0.3) is 0 Å². The predicted molar refractivity (Wildman–Crippen MR) is 83.1 cm³/mol. The van der Waals surface area contributed by atoms with Crippen molar-refractivity contribution in [3.8, 4) is 5.75 Å². The highest BCUT2D eigenvalue weighted by Crippen LogP contribution is 2.25. The molecular weight excluding hydrogens is 290 g/mol. The van der Waals surface area contributed by atoms with Gasteiger partial charge in [0.2, 0.25) is 10.0 Å². The maximum atomic E-state index is 12.5. The van der Waals surface area contributed by atoms with Crippen LogP contribution >= 0.6 is 0 Å². The van der Waals surface area contributed by atoms with Crippen LogP contribution in [0.3, 0.4) is 0 Å². The Morgan fingerprint density at radius 3 is 2.29 bits per heavy atom. The average Bonchev–Trinajstić information content (AvgIpc) is 2.42. The van der Waals surface area contributed by atoms with Gasteiger partial charge in [0.15, 0.2) is 0 Å². The number of ether oxygens (including phenoxy) is 1. The number of aliphatic hydroxyl groups excluding tert-OH is 1. The molecule has 0 spiro atoms. The van der Waals surface area contributed by atoms with E-state index < -0.39 is 10.0 Å². The summed E-state index contributed by atoms with van der Waals surface area (Å²) in [4.78, 5) is 0.308. The molecule has 1 aromatic rings. The average molecular weight is 315 g/mol. The Hall–Kier alpha value is -1.11. The van der Waals surface area contributed by atoms with Crippen LogP contribution in [0.5, 0.6) is 5.75 Å². The van der Waals surface area contributed by atoms with Crippen LogP contribution in [0.1, 0.15) is 30.9 Å². The van der Waals surface area contributed by atoms with E-state index in [9.17, 15) is 8.42 Å². The highest BCUT2D eigenvalue weighted by atomic mass is 32.2. The Kier molecular flexibility index (Phi) is 6.64. The van der Waals surface area contributed by atoms with E-state index in [1.165, 1.54) is 0 Å². The van der Waals surface area contributed by atoms with E-state index >= 15 is 0 Å². The van der Waals surface area contributed by atoms with Crippen LogP contribution in [0.2, 0.25) is 0 Å². The first-order valence-electron chi connectivity index (χ1n) is 7.11. The first-order chi connectivity index (χ1) is 9.85. The Morgan fingerprint density at radius 1 is 1.29 bits per heavy atom. The topological polar surface area (TPSA) is 75.6 Å². The van der Waals surface area contributed by atoms with E-state index in [1.807, 2.05) is 6.92 Å². The second-order valence-electron chi connectivity index (χ2n) is 5.23. The molecule has 1 atom stereocenters. The Bertz CT molecular complexity index is 546. The Balaban J connectivity index is 2.98. The smallest absolute Gasteiger partial charge is 0.241 e. The highest BCUT2D eigenvalue weighted by molar-refractivity contribution is 7.89. The van der Waals surface area contributed by atoms with Gasteiger partial charge in [-0.15, -0.1) is 0 Å². The molecule has 0 aliphatic carbocycles. The minimum atomic E-state index is -3.56. The second-order valence-corrected chi connectivity index (χ2v) is 6.93. The Morgan fingerprint density at radius 2 is 1.86 bits per heavy atom. The standard InChI is InChI=1S/C15H25NO4S/c1-5-13(6-7-17)10-16-21(18,19)15-11(2)8-14(20-4)9-12(15)3/h8-9,13,16-17H,5-7,10H2,1-4H3. The van der Waals surface area contributed by atoms with Crippen molar-refractivity contribution in [3.63, 3.8) is 0 Å². The van der Waals surface area contributed by atoms with Crippen LogP contribution in [-0.4, -0.2) is 33.8 Å². The molecule has 120 valence electrons. The maximum Gasteiger partial charge on any atom is 0.241 e. The van der Waals surface area contributed by atoms with E-state index in [2.05, 4.69) is 4.72 Å². The monoisotopic (exact) mass is 315 g/mol. The summed E-state index contributed by atoms with van der Waals surface area (Å²) in [6.45, 7) is 5.91. The van der Waals surface area contributed by atoms with Gasteiger partial charge in [0, 0.05) is 13.2 Å². The van der Waals surface area contributed by atoms with Gasteiger partial charge in [-0.25, -0.2) is 13.1 Å². The fourth-order valence-corrected chi connectivity index (χ4v) is 3.95. The SMILES string of the molecule is CCC(CCO)CNS(=O)(=O)c1c(C)cc(OC)cc1C. The molecule has 0 aliphatic rings. The van der Waals surface area contributed by atoms with Gasteiger partial charge < -0.3 is 9.84 Å². The fraction of sp³-hybridized carbons (Fsp3) is 0.600. The van der Waals surface area contributed by atoms with Crippen molar-refractivity contribution < 1.29 is 18.3 Å². The van der Waals surface area contributed by atoms with Crippen molar-refractivity contribution in [2.24, 2.45) is 5.92 Å². The second kappa shape index (κ2) is 7.77. The van der Waals surface area contributed by atoms with E-state index in [4.69, 9.17) is 9.84 Å². The minimum absolute atomic E-state index is 0.0703. The van der Waals surface area contributed by atoms with E-state index in [0.717, 1.165) is 6.42 Å². The normalized spacial score (nSPS) is 13.2. The lowest BCUT2D eigenvalue weighted by Gasteiger charge is -2.17. The lowest BCUT2D eigenvalue weighted by molar-refractivity contribution is 0.254. The number of aryl methyl sites for hydroxylation is 2. The molecule has 0 radical (unpaired) electrons. The third kappa shape index (κ3) is 4.69. The van der Waals surface area contributed by atoms with Crippen molar-refractivity contribution in [3.05, 3.63) is 23.3 Å². The number of aliphatic hydroxyl groups is 1. The molecule has 1 rings (SSSR count). The number of hydrogen-bond acceptors (Lipinski definition) is 4. The lowest BCUT2D eigenvalue weighted by atomic mass is 10.0. The molecule has 0 aliphatic heterocycles. The van der Waals surface area contributed by atoms with Crippen molar-refractivity contribution in [2.45, 2.75) is 38.5 Å². The molecule has 1 aromatic carbocycles. The van der Waals surface area contributed by atoms with E-state index in [0.29, 0.717) is 34.7 Å². The number of hydrogen-bond donors (Lipinski definition) is 2. The van der Waals surface area contributed by atoms with Gasteiger partial charge in [0.1, 0.15) is 5.75 Å². The van der Waals surface area contributed by atoms with Gasteiger partial charge >= 0.3 is 0 Å². The Labute approximate surface area is 127 Å². The number of rotatable bonds is 8. The molecule has 0 fully saturated rings. The summed E-state index contributed by atoms with van der Waals surface area (Å²) in [5.41, 5.74) is 1.32. The summed E-state index contributed by atoms with van der Waals surface area (Å²) in [5.74, 6) is 0.791. The summed E-state index contributed by atoms with van der Waals surface area (Å²) < 4.78 is 32.8. The molecule has 6 heteroatoms. The predicted octanol–water partition coefficient (Wildman–Crippen LogP) is 2.00. The van der Waals surface area contributed by atoms with Gasteiger partial charge in [0.25, 0.3) is 0 Å². The quantitative estimate of drug-likeness (QED) is 0.769. The fourth-order valence-electron chi connectivity index (χ4n) is 2.39. The molecular formula is C15H25NO4S. The largest absolute Gasteiger partial charge is 0.497 e. The minimum Gasteiger partial charge on any atom is -0.497 e. The maximum absolute atomic E-state index is 12.5. The molecule has 0 amide bonds. The van der Waals surface area contributed by atoms with Gasteiger partial charge in [-0.2, -0.15) is 0 Å².